The van der Waals surface area contributed by atoms with Gasteiger partial charge in [0, 0.05) is 5.56 Å². The van der Waals surface area contributed by atoms with E-state index < -0.39 is 29.7 Å². The van der Waals surface area contributed by atoms with Crippen LogP contribution in [0.2, 0.25) is 0 Å². The minimum atomic E-state index is -1.42. The Hall–Kier alpha value is -1.52. The van der Waals surface area contributed by atoms with E-state index in [1.165, 1.54) is 0 Å². The summed E-state index contributed by atoms with van der Waals surface area (Å²) < 4.78 is 40.1. The predicted octanol–water partition coefficient (Wildman–Crippen LogP) is 3.72. The highest BCUT2D eigenvalue weighted by Crippen LogP contribution is 2.41. The van der Waals surface area contributed by atoms with Gasteiger partial charge in [0.2, 0.25) is 0 Å². The maximum atomic E-state index is 13.9. The normalized spacial score (nSPS) is 18.3. The van der Waals surface area contributed by atoms with E-state index in [4.69, 9.17) is 0 Å². The molecule has 19 heavy (non-hydrogen) atoms. The molecule has 0 unspecified atom stereocenters. The van der Waals surface area contributed by atoms with Gasteiger partial charge in [0.25, 0.3) is 0 Å². The van der Waals surface area contributed by atoms with Crippen molar-refractivity contribution in [3.63, 3.8) is 0 Å². The van der Waals surface area contributed by atoms with Crippen molar-refractivity contribution in [2.24, 2.45) is 0 Å². The fourth-order valence-electron chi connectivity index (χ4n) is 2.82. The van der Waals surface area contributed by atoms with E-state index in [0.717, 1.165) is 18.6 Å². The van der Waals surface area contributed by atoms with Crippen molar-refractivity contribution in [3.8, 4) is 0 Å². The molecule has 0 atom stereocenters. The summed E-state index contributed by atoms with van der Waals surface area (Å²) in [6.45, 7) is -0.945. The number of halogens is 3. The van der Waals surface area contributed by atoms with Crippen LogP contribution in [0.15, 0.2) is 12.1 Å². The third-order valence-corrected chi connectivity index (χ3v) is 3.87. The lowest BCUT2D eigenvalue weighted by atomic mass is 9.69. The van der Waals surface area contributed by atoms with E-state index in [2.05, 4.69) is 0 Å². The first-order chi connectivity index (χ1) is 9.01. The quantitative estimate of drug-likeness (QED) is 0.910. The summed E-state index contributed by atoms with van der Waals surface area (Å²) in [5, 5.41) is 9.44. The molecule has 2 nitrogen and oxygen atoms in total. The first-order valence-electron chi connectivity index (χ1n) is 6.29. The summed E-state index contributed by atoms with van der Waals surface area (Å²) in [5.74, 6) is -3.51. The van der Waals surface area contributed by atoms with Crippen LogP contribution in [0, 0.1) is 11.6 Å². The second kappa shape index (κ2) is 5.23. The van der Waals surface area contributed by atoms with Gasteiger partial charge >= 0.3 is 5.97 Å². The van der Waals surface area contributed by atoms with Crippen LogP contribution >= 0.6 is 0 Å². The Morgan fingerprint density at radius 2 is 1.84 bits per heavy atom. The topological polar surface area (TPSA) is 37.3 Å². The highest BCUT2D eigenvalue weighted by molar-refractivity contribution is 5.81. The molecule has 0 amide bonds. The molecule has 5 heteroatoms. The molecular weight excluding hydrogens is 257 g/mol. The standard InChI is InChI=1S/C14H15F3O2/c15-8-9-6-10(12(17)11(16)7-9)14(13(18)19)4-2-1-3-5-14/h6-7H,1-5,8H2,(H,18,19). The lowest BCUT2D eigenvalue weighted by Gasteiger charge is -2.34. The third-order valence-electron chi connectivity index (χ3n) is 3.87. The van der Waals surface area contributed by atoms with Gasteiger partial charge in [0.15, 0.2) is 11.6 Å². The molecule has 0 bridgehead atoms. The first-order valence-corrected chi connectivity index (χ1v) is 6.29. The van der Waals surface area contributed by atoms with Crippen LogP contribution in [0.5, 0.6) is 0 Å². The number of hydrogen-bond donors (Lipinski definition) is 1. The van der Waals surface area contributed by atoms with Crippen LogP contribution in [-0.4, -0.2) is 11.1 Å². The number of carboxylic acid groups (broad SMARTS) is 1. The van der Waals surface area contributed by atoms with Gasteiger partial charge in [-0.3, -0.25) is 4.79 Å². The Kier molecular flexibility index (Phi) is 3.83. The van der Waals surface area contributed by atoms with E-state index in [1.54, 1.807) is 0 Å². The summed E-state index contributed by atoms with van der Waals surface area (Å²) in [6.07, 6.45) is 2.69. The number of carboxylic acids is 1. The summed E-state index contributed by atoms with van der Waals surface area (Å²) in [7, 11) is 0. The van der Waals surface area contributed by atoms with Gasteiger partial charge in [0.1, 0.15) is 6.67 Å². The van der Waals surface area contributed by atoms with Crippen molar-refractivity contribution >= 4 is 5.97 Å². The molecule has 1 aliphatic carbocycles. The van der Waals surface area contributed by atoms with Crippen molar-refractivity contribution in [2.45, 2.75) is 44.2 Å². The molecule has 104 valence electrons. The zero-order valence-electron chi connectivity index (χ0n) is 10.4. The summed E-state index contributed by atoms with van der Waals surface area (Å²) in [6, 6.07) is 1.93. The van der Waals surface area contributed by atoms with Crippen LogP contribution in [0.4, 0.5) is 13.2 Å². The second-order valence-corrected chi connectivity index (χ2v) is 5.02. The Labute approximate surface area is 109 Å². The van der Waals surface area contributed by atoms with Gasteiger partial charge < -0.3 is 5.11 Å². The van der Waals surface area contributed by atoms with E-state index in [0.29, 0.717) is 12.8 Å². The Morgan fingerprint density at radius 3 is 2.37 bits per heavy atom. The minimum Gasteiger partial charge on any atom is -0.481 e. The zero-order chi connectivity index (χ0) is 14.0. The Balaban J connectivity index is 2.59. The number of rotatable bonds is 3. The van der Waals surface area contributed by atoms with Crippen molar-refractivity contribution in [1.29, 1.82) is 0 Å². The van der Waals surface area contributed by atoms with Crippen LogP contribution < -0.4 is 0 Å². The maximum Gasteiger partial charge on any atom is 0.314 e. The lowest BCUT2D eigenvalue weighted by Crippen LogP contribution is -2.39. The van der Waals surface area contributed by atoms with E-state index >= 15 is 0 Å². The number of aliphatic carboxylic acids is 1. The van der Waals surface area contributed by atoms with Gasteiger partial charge in [0.05, 0.1) is 5.41 Å². The molecule has 1 N–H and O–H groups in total. The smallest absolute Gasteiger partial charge is 0.314 e. The maximum absolute atomic E-state index is 13.9. The lowest BCUT2D eigenvalue weighted by molar-refractivity contribution is -0.145. The number of alkyl halides is 1. The van der Waals surface area contributed by atoms with Crippen molar-refractivity contribution in [2.75, 3.05) is 0 Å². The molecule has 0 aromatic heterocycles. The summed E-state index contributed by atoms with van der Waals surface area (Å²) in [5.41, 5.74) is -1.67. The van der Waals surface area contributed by atoms with Crippen molar-refractivity contribution in [1.82, 2.24) is 0 Å². The van der Waals surface area contributed by atoms with Gasteiger partial charge in [-0.1, -0.05) is 19.3 Å². The molecule has 0 radical (unpaired) electrons. The predicted molar refractivity (Wildman–Crippen MR) is 63.6 cm³/mol. The number of benzene rings is 1. The average molecular weight is 272 g/mol. The fraction of sp³-hybridized carbons (Fsp3) is 0.500. The van der Waals surface area contributed by atoms with E-state index in [1.807, 2.05) is 0 Å². The third kappa shape index (κ3) is 2.33. The van der Waals surface area contributed by atoms with E-state index in [9.17, 15) is 23.1 Å². The molecule has 1 aromatic rings. The van der Waals surface area contributed by atoms with Crippen molar-refractivity contribution < 1.29 is 23.1 Å². The highest BCUT2D eigenvalue weighted by Gasteiger charge is 2.43. The van der Waals surface area contributed by atoms with Crippen LogP contribution in [0.1, 0.15) is 43.2 Å². The van der Waals surface area contributed by atoms with E-state index in [-0.39, 0.29) is 24.0 Å². The molecule has 0 spiro atoms. The van der Waals surface area contributed by atoms with Crippen LogP contribution in [0.3, 0.4) is 0 Å². The molecule has 0 aliphatic heterocycles. The number of carbonyl (C=O) groups is 1. The molecule has 1 aliphatic rings. The van der Waals surface area contributed by atoms with Crippen LogP contribution in [0.25, 0.3) is 0 Å². The highest BCUT2D eigenvalue weighted by atomic mass is 19.2. The SMILES string of the molecule is O=C(O)C1(c2cc(CF)cc(F)c2F)CCCCC1. The second-order valence-electron chi connectivity index (χ2n) is 5.02. The van der Waals surface area contributed by atoms with Gasteiger partial charge in [-0.25, -0.2) is 13.2 Å². The van der Waals surface area contributed by atoms with Crippen molar-refractivity contribution in [3.05, 3.63) is 34.9 Å². The summed E-state index contributed by atoms with van der Waals surface area (Å²) >= 11 is 0. The molecule has 2 rings (SSSR count). The molecule has 1 aromatic carbocycles. The Bertz CT molecular complexity index is 494. The molecule has 0 saturated heterocycles. The minimum absolute atomic E-state index is 0.0277. The van der Waals surface area contributed by atoms with Gasteiger partial charge in [-0.15, -0.1) is 0 Å². The Morgan fingerprint density at radius 1 is 1.21 bits per heavy atom. The fourth-order valence-corrected chi connectivity index (χ4v) is 2.82. The number of hydrogen-bond acceptors (Lipinski definition) is 1. The first kappa shape index (κ1) is 13.9. The van der Waals surface area contributed by atoms with Gasteiger partial charge in [-0.2, -0.15) is 0 Å². The average Bonchev–Trinajstić information content (AvgIpc) is 2.42. The molecule has 0 heterocycles. The van der Waals surface area contributed by atoms with Gasteiger partial charge in [-0.05, 0) is 30.5 Å². The monoisotopic (exact) mass is 272 g/mol. The molecule has 1 fully saturated rings. The molecular formula is C14H15F3O2. The van der Waals surface area contributed by atoms with Crippen LogP contribution in [-0.2, 0) is 16.9 Å². The summed E-state index contributed by atoms with van der Waals surface area (Å²) in [4.78, 5) is 11.6. The molecule has 1 saturated carbocycles. The zero-order valence-corrected chi connectivity index (χ0v) is 10.4. The largest absolute Gasteiger partial charge is 0.481 e.